The molecule has 5 nitrogen and oxygen atoms in total. The van der Waals surface area contributed by atoms with Gasteiger partial charge in [0.25, 0.3) is 0 Å². The summed E-state index contributed by atoms with van der Waals surface area (Å²) in [4.78, 5) is 23.2. The molecule has 0 spiro atoms. The minimum absolute atomic E-state index is 0.0241. The first-order chi connectivity index (χ1) is 11.4. The highest BCUT2D eigenvalue weighted by atomic mass is 16.5. The van der Waals surface area contributed by atoms with E-state index in [0.717, 1.165) is 37.3 Å². The molecule has 0 N–H and O–H groups in total. The van der Waals surface area contributed by atoms with Crippen molar-refractivity contribution in [3.8, 4) is 0 Å². The lowest BCUT2D eigenvalue weighted by molar-refractivity contribution is -0.155. The lowest BCUT2D eigenvalue weighted by Gasteiger charge is -2.51. The second kappa shape index (κ2) is 6.63. The van der Waals surface area contributed by atoms with Crippen molar-refractivity contribution in [3.63, 3.8) is 0 Å². The highest BCUT2D eigenvalue weighted by Crippen LogP contribution is 2.41. The number of amides is 1. The molecule has 130 valence electrons. The van der Waals surface area contributed by atoms with Crippen molar-refractivity contribution in [2.75, 3.05) is 6.61 Å². The Morgan fingerprint density at radius 2 is 2.12 bits per heavy atom. The summed E-state index contributed by atoms with van der Waals surface area (Å²) in [6.45, 7) is 11.3. The summed E-state index contributed by atoms with van der Waals surface area (Å²) < 4.78 is 5.79. The van der Waals surface area contributed by atoms with Crippen LogP contribution in [0.25, 0.3) is 0 Å². The van der Waals surface area contributed by atoms with E-state index in [2.05, 4.69) is 37.3 Å². The average Bonchev–Trinajstić information content (AvgIpc) is 2.54. The number of fused-ring (bicyclic) bond motifs is 1. The summed E-state index contributed by atoms with van der Waals surface area (Å²) in [7, 11) is 0. The maximum Gasteiger partial charge on any atom is 0.246 e. The number of ether oxygens (including phenoxy) is 1. The number of carbonyl (C=O) groups is 1. The van der Waals surface area contributed by atoms with E-state index >= 15 is 0 Å². The lowest BCUT2D eigenvalue weighted by Crippen LogP contribution is -2.58. The monoisotopic (exact) mass is 329 g/mol. The fraction of sp³-hybridized carbons (Fsp3) is 0.632. The van der Waals surface area contributed by atoms with Gasteiger partial charge in [-0.2, -0.15) is 0 Å². The van der Waals surface area contributed by atoms with Gasteiger partial charge in [0.2, 0.25) is 5.91 Å². The number of aromatic nitrogens is 2. The number of nitrogens with zero attached hydrogens (tertiary/aromatic N) is 3. The van der Waals surface area contributed by atoms with Crippen molar-refractivity contribution in [2.45, 2.75) is 64.1 Å². The van der Waals surface area contributed by atoms with E-state index in [9.17, 15) is 4.79 Å². The molecule has 2 aliphatic rings. The van der Waals surface area contributed by atoms with E-state index in [1.165, 1.54) is 6.08 Å². The minimum atomic E-state index is -0.0736. The van der Waals surface area contributed by atoms with E-state index in [1.54, 1.807) is 0 Å². The Hall–Kier alpha value is -1.75. The van der Waals surface area contributed by atoms with Crippen LogP contribution in [0.4, 0.5) is 0 Å². The Bertz CT molecular complexity index is 606. The molecule has 1 saturated heterocycles. The molecule has 1 saturated carbocycles. The summed E-state index contributed by atoms with van der Waals surface area (Å²) in [6, 6.07) is 0.239. The van der Waals surface area contributed by atoms with Crippen LogP contribution < -0.4 is 0 Å². The third-order valence-corrected chi connectivity index (χ3v) is 5.05. The molecule has 2 fully saturated rings. The van der Waals surface area contributed by atoms with E-state index in [4.69, 9.17) is 4.74 Å². The van der Waals surface area contributed by atoms with Gasteiger partial charge in [0, 0.05) is 48.5 Å². The Balaban J connectivity index is 1.73. The third-order valence-electron chi connectivity index (χ3n) is 5.05. The molecule has 1 aliphatic heterocycles. The first-order valence-electron chi connectivity index (χ1n) is 8.76. The molecule has 1 aromatic heterocycles. The van der Waals surface area contributed by atoms with Crippen molar-refractivity contribution >= 4 is 5.91 Å². The number of rotatable bonds is 4. The maximum atomic E-state index is 12.4. The fourth-order valence-corrected chi connectivity index (χ4v) is 3.62. The van der Waals surface area contributed by atoms with Crippen molar-refractivity contribution < 1.29 is 9.53 Å². The molecule has 5 heteroatoms. The van der Waals surface area contributed by atoms with Gasteiger partial charge in [-0.1, -0.05) is 27.4 Å². The molecule has 24 heavy (non-hydrogen) atoms. The van der Waals surface area contributed by atoms with Crippen LogP contribution in [0.15, 0.2) is 25.0 Å². The number of hydrogen-bond acceptors (Lipinski definition) is 4. The Labute approximate surface area is 144 Å². The fourth-order valence-electron chi connectivity index (χ4n) is 3.62. The second-order valence-electron chi connectivity index (χ2n) is 7.85. The first kappa shape index (κ1) is 17.1. The van der Waals surface area contributed by atoms with Crippen LogP contribution in [0, 0.1) is 5.92 Å². The molecule has 0 aromatic carbocycles. The van der Waals surface area contributed by atoms with Gasteiger partial charge < -0.3 is 9.64 Å². The van der Waals surface area contributed by atoms with Gasteiger partial charge >= 0.3 is 0 Å². The van der Waals surface area contributed by atoms with E-state index < -0.39 is 0 Å². The van der Waals surface area contributed by atoms with E-state index in [1.807, 2.05) is 17.3 Å². The van der Waals surface area contributed by atoms with Gasteiger partial charge in [-0.25, -0.2) is 9.97 Å². The first-order valence-corrected chi connectivity index (χ1v) is 8.76. The topological polar surface area (TPSA) is 55.3 Å². The van der Waals surface area contributed by atoms with Crippen LogP contribution in [-0.4, -0.2) is 39.5 Å². The smallest absolute Gasteiger partial charge is 0.246 e. The summed E-state index contributed by atoms with van der Waals surface area (Å²) in [6.07, 6.45) is 8.54. The zero-order valence-corrected chi connectivity index (χ0v) is 14.9. The Morgan fingerprint density at radius 3 is 2.71 bits per heavy atom. The van der Waals surface area contributed by atoms with Crippen LogP contribution in [0.1, 0.15) is 51.4 Å². The van der Waals surface area contributed by atoms with Crippen LogP contribution >= 0.6 is 0 Å². The predicted octanol–water partition coefficient (Wildman–Crippen LogP) is 2.86. The average molecular weight is 329 g/mol. The van der Waals surface area contributed by atoms with Gasteiger partial charge in [-0.05, 0) is 25.3 Å². The molecule has 1 amide bonds. The SMILES string of the molecule is C=CC(=O)N(Cc1cnc(C(C)(C)C)nc1)[C@@H]1C[C@@H]2OCCC[C@@H]21. The van der Waals surface area contributed by atoms with Crippen molar-refractivity contribution in [1.29, 1.82) is 0 Å². The standard InChI is InChI=1S/C19H27N3O2/c1-5-17(23)22(15-9-16-14(15)7-6-8-24-16)12-13-10-20-18(21-11-13)19(2,3)4/h5,10-11,14-16H,1,6-9,12H2,2-4H3/t14-,15-,16+/m1/s1. The zero-order chi connectivity index (χ0) is 17.3. The summed E-state index contributed by atoms with van der Waals surface area (Å²) in [5, 5.41) is 0. The quantitative estimate of drug-likeness (QED) is 0.797. The van der Waals surface area contributed by atoms with Crippen LogP contribution in [0.5, 0.6) is 0 Å². The lowest BCUT2D eigenvalue weighted by atomic mass is 9.71. The van der Waals surface area contributed by atoms with Crippen molar-refractivity contribution in [1.82, 2.24) is 14.9 Å². The number of carbonyl (C=O) groups excluding carboxylic acids is 1. The molecule has 1 aliphatic carbocycles. The van der Waals surface area contributed by atoms with Gasteiger partial charge in [0.05, 0.1) is 6.10 Å². The highest BCUT2D eigenvalue weighted by Gasteiger charge is 2.47. The Morgan fingerprint density at radius 1 is 1.42 bits per heavy atom. The minimum Gasteiger partial charge on any atom is -0.378 e. The van der Waals surface area contributed by atoms with Gasteiger partial charge in [-0.3, -0.25) is 4.79 Å². The van der Waals surface area contributed by atoms with Gasteiger partial charge in [0.1, 0.15) is 5.82 Å². The Kier molecular flexibility index (Phi) is 4.72. The largest absolute Gasteiger partial charge is 0.378 e. The third kappa shape index (κ3) is 3.36. The summed E-state index contributed by atoms with van der Waals surface area (Å²) in [5.74, 6) is 1.25. The number of hydrogen-bond donors (Lipinski definition) is 0. The van der Waals surface area contributed by atoms with E-state index in [-0.39, 0.29) is 17.4 Å². The van der Waals surface area contributed by atoms with Crippen LogP contribution in [0.2, 0.25) is 0 Å². The summed E-state index contributed by atoms with van der Waals surface area (Å²) in [5.41, 5.74) is 0.883. The maximum absolute atomic E-state index is 12.4. The second-order valence-corrected chi connectivity index (χ2v) is 7.85. The zero-order valence-electron chi connectivity index (χ0n) is 14.9. The normalized spacial score (nSPS) is 26.2. The van der Waals surface area contributed by atoms with Gasteiger partial charge in [-0.15, -0.1) is 0 Å². The molecular weight excluding hydrogens is 302 g/mol. The predicted molar refractivity (Wildman–Crippen MR) is 92.3 cm³/mol. The molecule has 0 bridgehead atoms. The van der Waals surface area contributed by atoms with Crippen LogP contribution in [-0.2, 0) is 21.5 Å². The molecule has 3 atom stereocenters. The molecule has 3 rings (SSSR count). The molecular formula is C19H27N3O2. The molecule has 1 aromatic rings. The molecule has 0 radical (unpaired) electrons. The van der Waals surface area contributed by atoms with Gasteiger partial charge in [0.15, 0.2) is 0 Å². The van der Waals surface area contributed by atoms with Crippen molar-refractivity contribution in [2.24, 2.45) is 5.92 Å². The van der Waals surface area contributed by atoms with E-state index in [0.29, 0.717) is 18.6 Å². The summed E-state index contributed by atoms with van der Waals surface area (Å²) >= 11 is 0. The highest BCUT2D eigenvalue weighted by molar-refractivity contribution is 5.87. The van der Waals surface area contributed by atoms with Crippen LogP contribution in [0.3, 0.4) is 0 Å². The molecule has 0 unspecified atom stereocenters. The molecule has 2 heterocycles. The van der Waals surface area contributed by atoms with Crippen molar-refractivity contribution in [3.05, 3.63) is 36.4 Å².